The highest BCUT2D eigenvalue weighted by Crippen LogP contribution is 2.26. The molecule has 3 rings (SSSR count). The van der Waals surface area contributed by atoms with Crippen molar-refractivity contribution in [1.29, 1.82) is 0 Å². The van der Waals surface area contributed by atoms with Gasteiger partial charge in [-0.25, -0.2) is 0 Å². The summed E-state index contributed by atoms with van der Waals surface area (Å²) in [6, 6.07) is 9.90. The van der Waals surface area contributed by atoms with Crippen LogP contribution >= 0.6 is 0 Å². The molecule has 0 N–H and O–H groups in total. The Bertz CT molecular complexity index is 692. The Labute approximate surface area is 111 Å². The molecule has 0 saturated heterocycles. The molecule has 0 fully saturated rings. The van der Waals surface area contributed by atoms with Gasteiger partial charge in [-0.2, -0.15) is 4.52 Å². The van der Waals surface area contributed by atoms with Crippen molar-refractivity contribution in [3.63, 3.8) is 0 Å². The molecule has 0 spiro atoms. The first-order valence-corrected chi connectivity index (χ1v) is 6.63. The minimum Gasteiger partial charge on any atom is -0.493 e. The number of fused-ring (bicyclic) bond motifs is 3. The Hall–Kier alpha value is -2.17. The Kier molecular flexibility index (Phi) is 3.27. The first kappa shape index (κ1) is 11.9. The fraction of sp³-hybridized carbons (Fsp3) is 0.357. The topological polar surface area (TPSA) is 52.3 Å². The van der Waals surface area contributed by atoms with E-state index in [-0.39, 0.29) is 0 Å². The van der Waals surface area contributed by atoms with E-state index in [9.17, 15) is 0 Å². The Morgan fingerprint density at radius 3 is 3.00 bits per heavy atom. The molecule has 1 aromatic carbocycles. The lowest BCUT2D eigenvalue weighted by Gasteiger charge is -2.09. The number of rotatable bonds is 5. The number of aromatic nitrogens is 4. The summed E-state index contributed by atoms with van der Waals surface area (Å²) in [7, 11) is 0. The van der Waals surface area contributed by atoms with Crippen molar-refractivity contribution >= 4 is 16.6 Å². The third kappa shape index (κ3) is 2.23. The van der Waals surface area contributed by atoms with Crippen molar-refractivity contribution in [3.05, 3.63) is 30.3 Å². The van der Waals surface area contributed by atoms with E-state index in [2.05, 4.69) is 22.4 Å². The quantitative estimate of drug-likeness (QED) is 0.659. The minimum atomic E-state index is 0.712. The van der Waals surface area contributed by atoms with Crippen LogP contribution in [-0.2, 0) is 0 Å². The summed E-state index contributed by atoms with van der Waals surface area (Å²) in [6.07, 6.45) is 3.45. The van der Waals surface area contributed by atoms with E-state index in [1.165, 1.54) is 12.8 Å². The molecule has 2 heterocycles. The predicted molar refractivity (Wildman–Crippen MR) is 73.3 cm³/mol. The van der Waals surface area contributed by atoms with Crippen LogP contribution in [0.3, 0.4) is 0 Å². The lowest BCUT2D eigenvalue weighted by molar-refractivity contribution is 0.310. The Morgan fingerprint density at radius 1 is 1.21 bits per heavy atom. The molecule has 0 amide bonds. The van der Waals surface area contributed by atoms with Gasteiger partial charge in [-0.15, -0.1) is 5.10 Å². The molecule has 0 radical (unpaired) electrons. The first-order chi connectivity index (χ1) is 9.40. The maximum Gasteiger partial charge on any atom is 0.183 e. The molecule has 19 heavy (non-hydrogen) atoms. The van der Waals surface area contributed by atoms with Crippen molar-refractivity contribution in [3.8, 4) is 5.75 Å². The number of nitrogens with zero attached hydrogens (tertiary/aromatic N) is 4. The van der Waals surface area contributed by atoms with Crippen molar-refractivity contribution in [2.75, 3.05) is 6.61 Å². The standard InChI is InChI=1S/C14H16N4O/c1-2-3-6-9-19-13-10-14-15-16-17-18(14)12-8-5-4-7-11(12)13/h4-5,7-8,10H,2-3,6,9H2,1H3. The van der Waals surface area contributed by atoms with Gasteiger partial charge >= 0.3 is 0 Å². The molecule has 5 nitrogen and oxygen atoms in total. The number of ether oxygens (including phenoxy) is 1. The monoisotopic (exact) mass is 256 g/mol. The van der Waals surface area contributed by atoms with Crippen molar-refractivity contribution < 1.29 is 4.74 Å². The molecule has 0 aliphatic rings. The van der Waals surface area contributed by atoms with E-state index < -0.39 is 0 Å². The van der Waals surface area contributed by atoms with Crippen LogP contribution in [0.15, 0.2) is 30.3 Å². The van der Waals surface area contributed by atoms with Gasteiger partial charge in [0, 0.05) is 11.5 Å². The number of hydrogen-bond donors (Lipinski definition) is 0. The molecule has 0 atom stereocenters. The maximum atomic E-state index is 5.89. The van der Waals surface area contributed by atoms with Gasteiger partial charge in [-0.3, -0.25) is 0 Å². The van der Waals surface area contributed by atoms with Gasteiger partial charge in [0.25, 0.3) is 0 Å². The van der Waals surface area contributed by atoms with Crippen LogP contribution in [0, 0.1) is 0 Å². The molecular formula is C14H16N4O. The van der Waals surface area contributed by atoms with Gasteiger partial charge in [0.15, 0.2) is 5.65 Å². The van der Waals surface area contributed by atoms with Crippen LogP contribution in [-0.4, -0.2) is 26.6 Å². The molecule has 2 aromatic heterocycles. The van der Waals surface area contributed by atoms with Gasteiger partial charge in [-0.05, 0) is 29.0 Å². The van der Waals surface area contributed by atoms with Gasteiger partial charge in [0.1, 0.15) is 5.75 Å². The largest absolute Gasteiger partial charge is 0.493 e. The highest BCUT2D eigenvalue weighted by Gasteiger charge is 2.09. The normalized spacial score (nSPS) is 11.2. The molecule has 0 saturated carbocycles. The van der Waals surface area contributed by atoms with Gasteiger partial charge in [0.05, 0.1) is 12.1 Å². The average Bonchev–Trinajstić information content (AvgIpc) is 2.92. The van der Waals surface area contributed by atoms with E-state index in [0.29, 0.717) is 5.65 Å². The lowest BCUT2D eigenvalue weighted by Crippen LogP contribution is -2.00. The molecule has 0 unspecified atom stereocenters. The molecule has 0 aliphatic heterocycles. The van der Waals surface area contributed by atoms with Crippen molar-refractivity contribution in [2.45, 2.75) is 26.2 Å². The zero-order chi connectivity index (χ0) is 13.1. The van der Waals surface area contributed by atoms with Crippen LogP contribution in [0.25, 0.3) is 16.6 Å². The van der Waals surface area contributed by atoms with Crippen LogP contribution < -0.4 is 4.74 Å². The number of pyridine rings is 1. The average molecular weight is 256 g/mol. The summed E-state index contributed by atoms with van der Waals surface area (Å²) < 4.78 is 7.62. The first-order valence-electron chi connectivity index (χ1n) is 6.63. The van der Waals surface area contributed by atoms with Crippen LogP contribution in [0.4, 0.5) is 0 Å². The smallest absolute Gasteiger partial charge is 0.183 e. The summed E-state index contributed by atoms with van der Waals surface area (Å²) in [4.78, 5) is 0. The van der Waals surface area contributed by atoms with E-state index in [4.69, 9.17) is 4.74 Å². The van der Waals surface area contributed by atoms with Crippen LogP contribution in [0.5, 0.6) is 5.75 Å². The molecular weight excluding hydrogens is 240 g/mol. The number of tetrazole rings is 1. The summed E-state index contributed by atoms with van der Waals surface area (Å²) >= 11 is 0. The highest BCUT2D eigenvalue weighted by atomic mass is 16.5. The third-order valence-electron chi connectivity index (χ3n) is 3.16. The molecule has 98 valence electrons. The van der Waals surface area contributed by atoms with Gasteiger partial charge < -0.3 is 4.74 Å². The SMILES string of the molecule is CCCCCOc1cc2nnnn2c2ccccc12. The summed E-state index contributed by atoms with van der Waals surface area (Å²) in [5.41, 5.74) is 1.68. The molecule has 3 aromatic rings. The fourth-order valence-electron chi connectivity index (χ4n) is 2.17. The third-order valence-corrected chi connectivity index (χ3v) is 3.16. The van der Waals surface area contributed by atoms with Gasteiger partial charge in [0.2, 0.25) is 0 Å². The summed E-state index contributed by atoms with van der Waals surface area (Å²) in [6.45, 7) is 2.92. The Balaban J connectivity index is 2.00. The van der Waals surface area contributed by atoms with Crippen molar-refractivity contribution in [2.24, 2.45) is 0 Å². The van der Waals surface area contributed by atoms with Crippen LogP contribution in [0.1, 0.15) is 26.2 Å². The van der Waals surface area contributed by atoms with Crippen LogP contribution in [0.2, 0.25) is 0 Å². The summed E-state index contributed by atoms with van der Waals surface area (Å²) in [5, 5.41) is 12.7. The molecule has 5 heteroatoms. The summed E-state index contributed by atoms with van der Waals surface area (Å²) in [5.74, 6) is 0.856. The second-order valence-corrected chi connectivity index (χ2v) is 4.53. The predicted octanol–water partition coefficient (Wildman–Crippen LogP) is 2.85. The van der Waals surface area contributed by atoms with E-state index in [1.54, 1.807) is 4.52 Å². The number of unbranched alkanes of at least 4 members (excludes halogenated alkanes) is 2. The lowest BCUT2D eigenvalue weighted by atomic mass is 10.2. The second kappa shape index (κ2) is 5.22. The fourth-order valence-corrected chi connectivity index (χ4v) is 2.17. The number of para-hydroxylation sites is 1. The van der Waals surface area contributed by atoms with Gasteiger partial charge in [-0.1, -0.05) is 31.9 Å². The Morgan fingerprint density at radius 2 is 2.11 bits per heavy atom. The maximum absolute atomic E-state index is 5.89. The van der Waals surface area contributed by atoms with E-state index in [0.717, 1.165) is 29.7 Å². The molecule has 0 bridgehead atoms. The number of hydrogen-bond acceptors (Lipinski definition) is 4. The minimum absolute atomic E-state index is 0.712. The van der Waals surface area contributed by atoms with Crippen molar-refractivity contribution in [1.82, 2.24) is 20.0 Å². The van der Waals surface area contributed by atoms with E-state index in [1.807, 2.05) is 30.3 Å². The highest BCUT2D eigenvalue weighted by molar-refractivity contribution is 5.87. The zero-order valence-corrected chi connectivity index (χ0v) is 10.9. The number of benzene rings is 1. The zero-order valence-electron chi connectivity index (χ0n) is 10.9. The second-order valence-electron chi connectivity index (χ2n) is 4.53. The molecule has 0 aliphatic carbocycles. The van der Waals surface area contributed by atoms with E-state index >= 15 is 0 Å².